The third-order valence-electron chi connectivity index (χ3n) is 3.81. The molecular formula is C16H9Cl2F3N4O3S. The average molecular weight is 465 g/mol. The molecule has 2 aromatic carbocycles. The van der Waals surface area contributed by atoms with Crippen molar-refractivity contribution in [2.45, 2.75) is 23.2 Å². The van der Waals surface area contributed by atoms with Gasteiger partial charge in [-0.3, -0.25) is 10.1 Å². The third-order valence-corrected chi connectivity index (χ3v) is 5.55. The van der Waals surface area contributed by atoms with E-state index in [4.69, 9.17) is 23.2 Å². The van der Waals surface area contributed by atoms with Crippen molar-refractivity contribution in [1.82, 2.24) is 14.8 Å². The lowest BCUT2D eigenvalue weighted by Gasteiger charge is -2.11. The SMILES string of the molecule is Cc1cc(Cl)c(Cl)cc1-n1c(Sc2ccc(C(F)(F)F)cc2[N+](=O)[O-])n[nH]c1=O. The fourth-order valence-corrected chi connectivity index (χ4v) is 3.77. The van der Waals surface area contributed by atoms with Crippen LogP contribution < -0.4 is 5.69 Å². The maximum atomic E-state index is 12.9. The van der Waals surface area contributed by atoms with E-state index in [-0.39, 0.29) is 20.1 Å². The zero-order valence-electron chi connectivity index (χ0n) is 14.3. The van der Waals surface area contributed by atoms with E-state index in [0.29, 0.717) is 29.1 Å². The number of aryl methyl sites for hydroxylation is 1. The number of H-pyrrole nitrogens is 1. The van der Waals surface area contributed by atoms with Crippen LogP contribution in [0, 0.1) is 17.0 Å². The Morgan fingerprint density at radius 2 is 1.86 bits per heavy atom. The summed E-state index contributed by atoms with van der Waals surface area (Å²) in [6.45, 7) is 1.66. The van der Waals surface area contributed by atoms with E-state index in [9.17, 15) is 28.1 Å². The van der Waals surface area contributed by atoms with Crippen LogP contribution in [0.15, 0.2) is 45.2 Å². The van der Waals surface area contributed by atoms with Gasteiger partial charge in [0.05, 0.1) is 31.1 Å². The molecule has 0 atom stereocenters. The number of aromatic nitrogens is 3. The summed E-state index contributed by atoms with van der Waals surface area (Å²) in [6, 6.07) is 5.04. The molecule has 1 heterocycles. The van der Waals surface area contributed by atoms with Gasteiger partial charge in [0.2, 0.25) is 5.16 Å². The first-order valence-corrected chi connectivity index (χ1v) is 9.23. The summed E-state index contributed by atoms with van der Waals surface area (Å²) in [5.41, 5.74) is -1.71. The summed E-state index contributed by atoms with van der Waals surface area (Å²) in [5.74, 6) is 0. The Morgan fingerprint density at radius 1 is 1.21 bits per heavy atom. The molecule has 1 N–H and O–H groups in total. The van der Waals surface area contributed by atoms with Crippen molar-refractivity contribution in [2.75, 3.05) is 0 Å². The fourth-order valence-electron chi connectivity index (χ4n) is 2.46. The Balaban J connectivity index is 2.11. The van der Waals surface area contributed by atoms with Gasteiger partial charge >= 0.3 is 11.9 Å². The van der Waals surface area contributed by atoms with Gasteiger partial charge < -0.3 is 0 Å². The summed E-state index contributed by atoms with van der Waals surface area (Å²) in [7, 11) is 0. The molecule has 0 saturated carbocycles. The number of rotatable bonds is 4. The quantitative estimate of drug-likeness (QED) is 0.420. The molecule has 0 amide bonds. The molecule has 1 aromatic heterocycles. The molecule has 3 rings (SSSR count). The average Bonchev–Trinajstić information content (AvgIpc) is 2.97. The highest BCUT2D eigenvalue weighted by molar-refractivity contribution is 7.99. The summed E-state index contributed by atoms with van der Waals surface area (Å²) in [6.07, 6.45) is -4.74. The zero-order chi connectivity index (χ0) is 21.5. The van der Waals surface area contributed by atoms with Gasteiger partial charge in [0.15, 0.2) is 0 Å². The normalized spacial score (nSPS) is 11.7. The number of alkyl halides is 3. The van der Waals surface area contributed by atoms with Crippen molar-refractivity contribution in [3.05, 3.63) is 72.1 Å². The van der Waals surface area contributed by atoms with Gasteiger partial charge in [-0.25, -0.2) is 14.5 Å². The lowest BCUT2D eigenvalue weighted by atomic mass is 10.2. The molecule has 7 nitrogen and oxygen atoms in total. The molecule has 0 fully saturated rings. The number of halogens is 5. The third kappa shape index (κ3) is 4.26. The number of nitro benzene ring substituents is 1. The van der Waals surface area contributed by atoms with Crippen molar-refractivity contribution in [1.29, 1.82) is 0 Å². The van der Waals surface area contributed by atoms with E-state index in [0.717, 1.165) is 16.7 Å². The highest BCUT2D eigenvalue weighted by Gasteiger charge is 2.33. The minimum absolute atomic E-state index is 0.0284. The molecular weight excluding hydrogens is 456 g/mol. The van der Waals surface area contributed by atoms with Crippen LogP contribution in [0.25, 0.3) is 5.69 Å². The number of nitrogens with one attached hydrogen (secondary N) is 1. The number of hydrogen-bond acceptors (Lipinski definition) is 5. The Hall–Kier alpha value is -2.50. The Bertz CT molecular complexity index is 1180. The molecule has 0 aliphatic rings. The number of nitro groups is 1. The number of aromatic amines is 1. The maximum Gasteiger partial charge on any atom is 0.416 e. The molecule has 0 spiro atoms. The molecule has 13 heteroatoms. The second-order valence-electron chi connectivity index (χ2n) is 5.74. The van der Waals surface area contributed by atoms with Crippen molar-refractivity contribution in [3.8, 4) is 5.69 Å². The minimum atomic E-state index is -4.74. The first-order chi connectivity index (χ1) is 13.5. The Kier molecular flexibility index (Phi) is 5.65. The number of hydrogen-bond donors (Lipinski definition) is 1. The highest BCUT2D eigenvalue weighted by atomic mass is 35.5. The monoisotopic (exact) mass is 464 g/mol. The van der Waals surface area contributed by atoms with E-state index < -0.39 is 28.0 Å². The Morgan fingerprint density at radius 3 is 2.48 bits per heavy atom. The van der Waals surface area contributed by atoms with Gasteiger partial charge in [0, 0.05) is 6.07 Å². The minimum Gasteiger partial charge on any atom is -0.258 e. The van der Waals surface area contributed by atoms with Gasteiger partial charge in [0.25, 0.3) is 5.69 Å². The number of nitrogens with zero attached hydrogens (tertiary/aromatic N) is 3. The van der Waals surface area contributed by atoms with Crippen LogP contribution in [0.1, 0.15) is 11.1 Å². The fraction of sp³-hybridized carbons (Fsp3) is 0.125. The van der Waals surface area contributed by atoms with E-state index in [1.165, 1.54) is 12.1 Å². The molecule has 3 aromatic rings. The van der Waals surface area contributed by atoms with Crippen LogP contribution in [0.4, 0.5) is 18.9 Å². The predicted octanol–water partition coefficient (Wildman–Crippen LogP) is 5.25. The smallest absolute Gasteiger partial charge is 0.258 e. The van der Waals surface area contributed by atoms with Crippen LogP contribution in [-0.2, 0) is 6.18 Å². The van der Waals surface area contributed by atoms with E-state index in [1.54, 1.807) is 6.92 Å². The van der Waals surface area contributed by atoms with Gasteiger partial charge in [-0.05, 0) is 48.5 Å². The molecule has 0 radical (unpaired) electrons. The summed E-state index contributed by atoms with van der Waals surface area (Å²) in [5, 5.41) is 17.7. The van der Waals surface area contributed by atoms with E-state index in [1.807, 2.05) is 0 Å². The van der Waals surface area contributed by atoms with Crippen LogP contribution >= 0.6 is 35.0 Å². The van der Waals surface area contributed by atoms with Gasteiger partial charge in [0.1, 0.15) is 0 Å². The van der Waals surface area contributed by atoms with Crippen LogP contribution in [0.2, 0.25) is 10.0 Å². The standard InChI is InChI=1S/C16H9Cl2F3N4O3S/c1-7-4-9(17)10(18)6-11(7)24-14(26)22-23-15(24)29-13-3-2-8(16(19,20)21)5-12(13)25(27)28/h2-6H,1H3,(H,22,26). The predicted molar refractivity (Wildman–Crippen MR) is 101 cm³/mol. The summed E-state index contributed by atoms with van der Waals surface area (Å²) < 4.78 is 39.7. The lowest BCUT2D eigenvalue weighted by molar-refractivity contribution is -0.388. The van der Waals surface area contributed by atoms with E-state index in [2.05, 4.69) is 10.2 Å². The Labute approximate surface area is 174 Å². The van der Waals surface area contributed by atoms with Crippen LogP contribution in [-0.4, -0.2) is 19.7 Å². The largest absolute Gasteiger partial charge is 0.416 e. The lowest BCUT2D eigenvalue weighted by Crippen LogP contribution is -2.16. The molecule has 29 heavy (non-hydrogen) atoms. The molecule has 0 aliphatic carbocycles. The van der Waals surface area contributed by atoms with Gasteiger partial charge in [-0.15, -0.1) is 5.10 Å². The maximum absolute atomic E-state index is 12.9. The van der Waals surface area contributed by atoms with E-state index >= 15 is 0 Å². The first-order valence-electron chi connectivity index (χ1n) is 7.66. The topological polar surface area (TPSA) is 93.8 Å². The zero-order valence-corrected chi connectivity index (χ0v) is 16.6. The second-order valence-corrected chi connectivity index (χ2v) is 7.56. The summed E-state index contributed by atoms with van der Waals surface area (Å²) >= 11 is 12.6. The van der Waals surface area contributed by atoms with Crippen molar-refractivity contribution in [2.24, 2.45) is 0 Å². The molecule has 152 valence electrons. The van der Waals surface area contributed by atoms with Crippen LogP contribution in [0.3, 0.4) is 0 Å². The van der Waals surface area contributed by atoms with Crippen molar-refractivity contribution >= 4 is 40.7 Å². The van der Waals surface area contributed by atoms with Crippen molar-refractivity contribution in [3.63, 3.8) is 0 Å². The van der Waals surface area contributed by atoms with Crippen molar-refractivity contribution < 1.29 is 18.1 Å². The van der Waals surface area contributed by atoms with Gasteiger partial charge in [-0.2, -0.15) is 13.2 Å². The first kappa shape index (κ1) is 21.2. The molecule has 0 bridgehead atoms. The number of benzene rings is 2. The summed E-state index contributed by atoms with van der Waals surface area (Å²) in [4.78, 5) is 22.5. The molecule has 0 unspecified atom stereocenters. The molecule has 0 aliphatic heterocycles. The highest BCUT2D eigenvalue weighted by Crippen LogP contribution is 2.39. The second kappa shape index (κ2) is 7.73. The van der Waals surface area contributed by atoms with Crippen LogP contribution in [0.5, 0.6) is 0 Å². The van der Waals surface area contributed by atoms with Gasteiger partial charge in [-0.1, -0.05) is 23.2 Å². The molecule has 0 saturated heterocycles.